The van der Waals surface area contributed by atoms with Crippen LogP contribution in [-0.2, 0) is 17.8 Å². The minimum absolute atomic E-state index is 0.0296. The van der Waals surface area contributed by atoms with Crippen molar-refractivity contribution in [2.24, 2.45) is 5.41 Å². The van der Waals surface area contributed by atoms with Crippen molar-refractivity contribution < 1.29 is 14.8 Å². The predicted octanol–water partition coefficient (Wildman–Crippen LogP) is 3.51. The van der Waals surface area contributed by atoms with E-state index in [1.54, 1.807) is 12.1 Å². The number of pyridine rings is 1. The Bertz CT molecular complexity index is 1110. The molecule has 1 aliphatic carbocycles. The highest BCUT2D eigenvalue weighted by Gasteiger charge is 2.39. The minimum atomic E-state index is -0.727. The van der Waals surface area contributed by atoms with Gasteiger partial charge in [0, 0.05) is 24.8 Å². The SMILES string of the molecule is CC1(C)CC(=O)C(c2c([N+](=O)[O-])c(=O)n3c4c(cccc24)CCC3)=C(O)C1. The Morgan fingerprint density at radius 3 is 2.63 bits per heavy atom. The fourth-order valence-corrected chi connectivity index (χ4v) is 4.41. The molecule has 7 nitrogen and oxygen atoms in total. The summed E-state index contributed by atoms with van der Waals surface area (Å²) in [5.41, 5.74) is -0.321. The number of aliphatic hydroxyl groups excluding tert-OH is 1. The fraction of sp³-hybridized carbons (Fsp3) is 0.400. The highest BCUT2D eigenvalue weighted by atomic mass is 16.6. The van der Waals surface area contributed by atoms with Gasteiger partial charge in [-0.3, -0.25) is 19.7 Å². The maximum absolute atomic E-state index is 13.0. The zero-order valence-electron chi connectivity index (χ0n) is 15.2. The summed E-state index contributed by atoms with van der Waals surface area (Å²) in [4.78, 5) is 36.9. The first-order valence-electron chi connectivity index (χ1n) is 9.00. The second-order valence-corrected chi connectivity index (χ2v) is 8.12. The lowest BCUT2D eigenvalue weighted by molar-refractivity contribution is -0.386. The van der Waals surface area contributed by atoms with Crippen molar-refractivity contribution in [1.82, 2.24) is 4.57 Å². The highest BCUT2D eigenvalue weighted by molar-refractivity contribution is 6.26. The molecule has 2 heterocycles. The van der Waals surface area contributed by atoms with Crippen LogP contribution in [0.2, 0.25) is 0 Å². The van der Waals surface area contributed by atoms with Crippen LogP contribution in [0.1, 0.15) is 44.2 Å². The Hall–Kier alpha value is -2.96. The first-order valence-corrected chi connectivity index (χ1v) is 9.00. The average molecular weight is 368 g/mol. The fourth-order valence-electron chi connectivity index (χ4n) is 4.41. The lowest BCUT2D eigenvalue weighted by atomic mass is 9.74. The second kappa shape index (κ2) is 5.77. The Labute approximate surface area is 155 Å². The van der Waals surface area contributed by atoms with E-state index in [1.165, 1.54) is 4.57 Å². The van der Waals surface area contributed by atoms with Crippen LogP contribution in [-0.4, -0.2) is 20.4 Å². The van der Waals surface area contributed by atoms with E-state index in [-0.39, 0.29) is 35.5 Å². The molecular weight excluding hydrogens is 348 g/mol. The topological polar surface area (TPSA) is 102 Å². The van der Waals surface area contributed by atoms with Gasteiger partial charge in [0.15, 0.2) is 5.78 Å². The van der Waals surface area contributed by atoms with Gasteiger partial charge in [0.1, 0.15) is 5.76 Å². The van der Waals surface area contributed by atoms with Crippen molar-refractivity contribution in [3.05, 3.63) is 55.6 Å². The van der Waals surface area contributed by atoms with Gasteiger partial charge in [-0.1, -0.05) is 32.0 Å². The van der Waals surface area contributed by atoms with Crippen molar-refractivity contribution in [2.45, 2.75) is 46.1 Å². The summed E-state index contributed by atoms with van der Waals surface area (Å²) in [5.74, 6) is -0.548. The number of allylic oxidation sites excluding steroid dienone is 2. The number of hydrogen-bond donors (Lipinski definition) is 1. The maximum Gasteiger partial charge on any atom is 0.342 e. The number of aryl methyl sites for hydroxylation is 2. The van der Waals surface area contributed by atoms with Crippen LogP contribution in [0.25, 0.3) is 16.5 Å². The van der Waals surface area contributed by atoms with Gasteiger partial charge in [-0.05, 0) is 23.8 Å². The Morgan fingerprint density at radius 1 is 1.22 bits per heavy atom. The maximum atomic E-state index is 13.0. The summed E-state index contributed by atoms with van der Waals surface area (Å²) in [6.07, 6.45) is 1.88. The number of nitro groups is 1. The van der Waals surface area contributed by atoms with Gasteiger partial charge in [0.2, 0.25) is 0 Å². The first kappa shape index (κ1) is 17.5. The molecule has 0 atom stereocenters. The van der Waals surface area contributed by atoms with Crippen molar-refractivity contribution in [1.29, 1.82) is 0 Å². The Morgan fingerprint density at radius 2 is 1.96 bits per heavy atom. The monoisotopic (exact) mass is 368 g/mol. The van der Waals surface area contributed by atoms with E-state index >= 15 is 0 Å². The molecule has 140 valence electrons. The molecule has 7 heteroatoms. The van der Waals surface area contributed by atoms with Crippen molar-refractivity contribution >= 4 is 27.9 Å². The number of carbonyl (C=O) groups is 1. The minimum Gasteiger partial charge on any atom is -0.512 e. The Balaban J connectivity index is 2.18. The third-order valence-corrected chi connectivity index (χ3v) is 5.46. The normalized spacial score (nSPS) is 18.8. The van der Waals surface area contributed by atoms with E-state index in [0.29, 0.717) is 17.4 Å². The molecule has 1 aromatic heterocycles. The molecule has 1 aromatic carbocycles. The van der Waals surface area contributed by atoms with Crippen LogP contribution in [0.5, 0.6) is 0 Å². The summed E-state index contributed by atoms with van der Waals surface area (Å²) >= 11 is 0. The summed E-state index contributed by atoms with van der Waals surface area (Å²) < 4.78 is 1.44. The third kappa shape index (κ3) is 2.57. The first-order chi connectivity index (χ1) is 12.7. The molecule has 2 aliphatic rings. The molecule has 0 bridgehead atoms. The molecule has 1 N–H and O–H groups in total. The number of aliphatic hydroxyl groups is 1. The number of hydrogen-bond acceptors (Lipinski definition) is 5. The van der Waals surface area contributed by atoms with Crippen LogP contribution >= 0.6 is 0 Å². The van der Waals surface area contributed by atoms with Crippen molar-refractivity contribution in [3.63, 3.8) is 0 Å². The van der Waals surface area contributed by atoms with E-state index in [4.69, 9.17) is 0 Å². The van der Waals surface area contributed by atoms with Gasteiger partial charge < -0.3 is 9.67 Å². The average Bonchev–Trinajstić information content (AvgIpc) is 2.57. The van der Waals surface area contributed by atoms with Gasteiger partial charge in [-0.15, -0.1) is 0 Å². The smallest absolute Gasteiger partial charge is 0.342 e. The largest absolute Gasteiger partial charge is 0.512 e. The quantitative estimate of drug-likeness (QED) is 0.645. The van der Waals surface area contributed by atoms with Gasteiger partial charge in [0.05, 0.1) is 21.6 Å². The number of Topliss-reactive ketones (excluding diaryl/α,β-unsaturated/α-hetero) is 1. The van der Waals surface area contributed by atoms with E-state index in [9.17, 15) is 24.8 Å². The molecule has 4 rings (SSSR count). The molecule has 2 aromatic rings. The number of benzene rings is 1. The molecule has 1 aliphatic heterocycles. The Kier molecular flexibility index (Phi) is 3.73. The molecule has 0 radical (unpaired) electrons. The van der Waals surface area contributed by atoms with Gasteiger partial charge in [0.25, 0.3) is 0 Å². The van der Waals surface area contributed by atoms with E-state index < -0.39 is 21.6 Å². The lowest BCUT2D eigenvalue weighted by Gasteiger charge is -2.30. The second-order valence-electron chi connectivity index (χ2n) is 8.12. The standard InChI is InChI=1S/C20H20N2O5/c1-20(2)9-13(23)16(14(24)10-20)15-12-7-3-5-11-6-4-8-21(17(11)12)19(25)18(15)22(26)27/h3,5,7,23H,4,6,8-10H2,1-2H3. The van der Waals surface area contributed by atoms with Gasteiger partial charge >= 0.3 is 11.2 Å². The van der Waals surface area contributed by atoms with Crippen LogP contribution in [0.4, 0.5) is 5.69 Å². The van der Waals surface area contributed by atoms with Crippen LogP contribution in [0.15, 0.2) is 28.8 Å². The van der Waals surface area contributed by atoms with Crippen LogP contribution in [0.3, 0.4) is 0 Å². The molecule has 0 saturated carbocycles. The van der Waals surface area contributed by atoms with Gasteiger partial charge in [-0.25, -0.2) is 0 Å². The van der Waals surface area contributed by atoms with E-state index in [1.807, 2.05) is 19.9 Å². The molecule has 0 fully saturated rings. The number of rotatable bonds is 2. The lowest BCUT2D eigenvalue weighted by Crippen LogP contribution is -2.30. The third-order valence-electron chi connectivity index (χ3n) is 5.46. The van der Waals surface area contributed by atoms with Crippen molar-refractivity contribution in [3.8, 4) is 0 Å². The molecule has 0 unspecified atom stereocenters. The highest BCUT2D eigenvalue weighted by Crippen LogP contribution is 2.43. The summed E-state index contributed by atoms with van der Waals surface area (Å²) in [6.45, 7) is 4.12. The predicted molar refractivity (Wildman–Crippen MR) is 101 cm³/mol. The number of aromatic nitrogens is 1. The molecular formula is C20H20N2O5. The van der Waals surface area contributed by atoms with E-state index in [2.05, 4.69) is 0 Å². The zero-order chi connectivity index (χ0) is 19.5. The summed E-state index contributed by atoms with van der Waals surface area (Å²) in [7, 11) is 0. The van der Waals surface area contributed by atoms with Crippen LogP contribution in [0, 0.1) is 15.5 Å². The molecule has 0 amide bonds. The van der Waals surface area contributed by atoms with Crippen molar-refractivity contribution in [2.75, 3.05) is 0 Å². The molecule has 0 spiro atoms. The number of para-hydroxylation sites is 1. The number of carbonyl (C=O) groups excluding carboxylic acids is 1. The number of ketones is 1. The summed E-state index contributed by atoms with van der Waals surface area (Å²) in [6, 6.07) is 5.36. The van der Waals surface area contributed by atoms with Crippen LogP contribution < -0.4 is 5.56 Å². The zero-order valence-corrected chi connectivity index (χ0v) is 15.2. The summed E-state index contributed by atoms with van der Waals surface area (Å²) in [5, 5.41) is 22.9. The number of nitrogens with zero attached hydrogens (tertiary/aromatic N) is 2. The molecule has 27 heavy (non-hydrogen) atoms. The van der Waals surface area contributed by atoms with Gasteiger partial charge in [-0.2, -0.15) is 0 Å². The van der Waals surface area contributed by atoms with E-state index in [0.717, 1.165) is 18.4 Å². The molecule has 0 saturated heterocycles.